The Kier molecular flexibility index (Phi) is 2.04. The van der Waals surface area contributed by atoms with E-state index in [0.29, 0.717) is 25.2 Å². The summed E-state index contributed by atoms with van der Waals surface area (Å²) in [6.07, 6.45) is -0.222. The lowest BCUT2D eigenvalue weighted by molar-refractivity contribution is 0.191. The summed E-state index contributed by atoms with van der Waals surface area (Å²) in [6, 6.07) is 0. The molecule has 1 aliphatic rings. The third-order valence-corrected chi connectivity index (χ3v) is 1.90. The van der Waals surface area contributed by atoms with Crippen LogP contribution < -0.4 is 0 Å². The first-order valence-corrected chi connectivity index (χ1v) is 3.33. The second kappa shape index (κ2) is 2.63. The van der Waals surface area contributed by atoms with E-state index in [1.165, 1.54) is 0 Å². The maximum Gasteiger partial charge on any atom is 0.109 e. The van der Waals surface area contributed by atoms with Crippen molar-refractivity contribution in [2.24, 2.45) is 0 Å². The molecule has 0 nitrogen and oxygen atoms in total. The summed E-state index contributed by atoms with van der Waals surface area (Å²) in [6.45, 7) is 1.56. The predicted octanol–water partition coefficient (Wildman–Crippen LogP) is 2.44. The van der Waals surface area contributed by atoms with E-state index in [1.54, 1.807) is 6.92 Å². The minimum atomic E-state index is -0.978. The van der Waals surface area contributed by atoms with E-state index in [2.05, 4.69) is 0 Å². The first-order valence-electron chi connectivity index (χ1n) is 3.33. The van der Waals surface area contributed by atoms with E-state index in [1.807, 2.05) is 0 Å². The highest BCUT2D eigenvalue weighted by atomic mass is 19.1. The third kappa shape index (κ3) is 1.41. The molecule has 2 atom stereocenters. The Balaban J connectivity index is 2.41. The highest BCUT2D eigenvalue weighted by Gasteiger charge is 2.29. The molecule has 2 unspecified atom stereocenters. The quantitative estimate of drug-likeness (QED) is 0.476. The van der Waals surface area contributed by atoms with Gasteiger partial charge in [0, 0.05) is 5.92 Å². The maximum atomic E-state index is 12.6. The fourth-order valence-electron chi connectivity index (χ4n) is 1.13. The van der Waals surface area contributed by atoms with Crippen LogP contribution in [0.5, 0.6) is 0 Å². The van der Waals surface area contributed by atoms with Gasteiger partial charge in [-0.1, -0.05) is 6.92 Å². The Bertz CT molecular complexity index is 82.9. The van der Waals surface area contributed by atoms with Crippen LogP contribution in [-0.4, -0.2) is 12.3 Å². The van der Waals surface area contributed by atoms with Gasteiger partial charge in [0.2, 0.25) is 0 Å². The summed E-state index contributed by atoms with van der Waals surface area (Å²) < 4.78 is 25.1. The maximum absolute atomic E-state index is 12.6. The van der Waals surface area contributed by atoms with Crippen LogP contribution in [-0.2, 0) is 0 Å². The molecule has 0 heterocycles. The summed E-state index contributed by atoms with van der Waals surface area (Å²) in [7, 11) is 0. The predicted molar refractivity (Wildman–Crippen MR) is 32.6 cm³/mol. The molecule has 1 saturated carbocycles. The van der Waals surface area contributed by atoms with Crippen LogP contribution in [0.1, 0.15) is 26.2 Å². The fourth-order valence-corrected chi connectivity index (χ4v) is 1.13. The van der Waals surface area contributed by atoms with Gasteiger partial charge in [0.15, 0.2) is 0 Å². The van der Waals surface area contributed by atoms with Gasteiger partial charge in [0.25, 0.3) is 0 Å². The van der Waals surface area contributed by atoms with Crippen molar-refractivity contribution in [2.45, 2.75) is 38.5 Å². The third-order valence-electron chi connectivity index (χ3n) is 1.90. The van der Waals surface area contributed by atoms with Gasteiger partial charge in [-0.05, 0) is 19.3 Å². The Labute approximate surface area is 54.3 Å². The van der Waals surface area contributed by atoms with Gasteiger partial charge in [-0.3, -0.25) is 0 Å². The number of hydrogen-bond acceptors (Lipinski definition) is 0. The number of alkyl halides is 2. The molecule has 0 saturated heterocycles. The SMILES string of the molecule is C[C]1C(F)CCCC1F. The standard InChI is InChI=1S/C7H11F2/c1-5-6(8)3-2-4-7(5)9/h6-7H,2-4H2,1H3. The lowest BCUT2D eigenvalue weighted by Crippen LogP contribution is -2.26. The zero-order valence-corrected chi connectivity index (χ0v) is 5.53. The molecule has 0 aromatic heterocycles. The first-order chi connectivity index (χ1) is 4.22. The second-order valence-corrected chi connectivity index (χ2v) is 2.61. The van der Waals surface area contributed by atoms with Crippen LogP contribution in [0.25, 0.3) is 0 Å². The Hall–Kier alpha value is -0.140. The van der Waals surface area contributed by atoms with Crippen LogP contribution >= 0.6 is 0 Å². The molecule has 1 fully saturated rings. The highest BCUT2D eigenvalue weighted by molar-refractivity contribution is 5.02. The Morgan fingerprint density at radius 2 is 1.67 bits per heavy atom. The van der Waals surface area contributed by atoms with Gasteiger partial charge < -0.3 is 0 Å². The molecular weight excluding hydrogens is 122 g/mol. The summed E-state index contributed by atoms with van der Waals surface area (Å²) in [5.74, 6) is 0.390. The van der Waals surface area contributed by atoms with E-state index in [0.717, 1.165) is 0 Å². The smallest absolute Gasteiger partial charge is 0.109 e. The Morgan fingerprint density at radius 3 is 2.00 bits per heavy atom. The van der Waals surface area contributed by atoms with E-state index < -0.39 is 12.3 Å². The van der Waals surface area contributed by atoms with Crippen LogP contribution in [0.2, 0.25) is 0 Å². The zero-order chi connectivity index (χ0) is 6.85. The summed E-state index contributed by atoms with van der Waals surface area (Å²) in [5.41, 5.74) is 0. The molecule has 0 bridgehead atoms. The lowest BCUT2D eigenvalue weighted by atomic mass is 9.87. The molecule has 0 N–H and O–H groups in total. The normalized spacial score (nSPS) is 39.0. The average Bonchev–Trinajstić information content (AvgIpc) is 1.83. The lowest BCUT2D eigenvalue weighted by Gasteiger charge is -2.24. The molecular formula is C7H11F2. The molecule has 0 aromatic carbocycles. The molecule has 0 aliphatic heterocycles. The van der Waals surface area contributed by atoms with Gasteiger partial charge in [-0.2, -0.15) is 0 Å². The van der Waals surface area contributed by atoms with Gasteiger partial charge >= 0.3 is 0 Å². The average molecular weight is 133 g/mol. The van der Waals surface area contributed by atoms with Crippen molar-refractivity contribution in [1.82, 2.24) is 0 Å². The number of hydrogen-bond donors (Lipinski definition) is 0. The van der Waals surface area contributed by atoms with Gasteiger partial charge in [0.05, 0.1) is 0 Å². The van der Waals surface area contributed by atoms with Crippen molar-refractivity contribution >= 4 is 0 Å². The molecule has 9 heavy (non-hydrogen) atoms. The topological polar surface area (TPSA) is 0 Å². The molecule has 0 aromatic rings. The van der Waals surface area contributed by atoms with Gasteiger partial charge in [-0.15, -0.1) is 0 Å². The zero-order valence-electron chi connectivity index (χ0n) is 5.53. The molecule has 1 radical (unpaired) electrons. The van der Waals surface area contributed by atoms with Crippen molar-refractivity contribution in [3.05, 3.63) is 5.92 Å². The first kappa shape index (κ1) is 6.97. The van der Waals surface area contributed by atoms with Crippen molar-refractivity contribution in [1.29, 1.82) is 0 Å². The largest absolute Gasteiger partial charge is 0.247 e. The second-order valence-electron chi connectivity index (χ2n) is 2.61. The van der Waals surface area contributed by atoms with E-state index in [4.69, 9.17) is 0 Å². The summed E-state index contributed by atoms with van der Waals surface area (Å²) in [4.78, 5) is 0. The fraction of sp³-hybridized carbons (Fsp3) is 0.857. The summed E-state index contributed by atoms with van der Waals surface area (Å²) in [5, 5.41) is 0. The van der Waals surface area contributed by atoms with Gasteiger partial charge in [-0.25, -0.2) is 8.78 Å². The molecule has 0 spiro atoms. The molecule has 2 heteroatoms. The van der Waals surface area contributed by atoms with Crippen molar-refractivity contribution in [3.63, 3.8) is 0 Å². The van der Waals surface area contributed by atoms with E-state index >= 15 is 0 Å². The minimum absolute atomic E-state index is 0.390. The van der Waals surface area contributed by atoms with Crippen LogP contribution in [0, 0.1) is 5.92 Å². The number of rotatable bonds is 0. The molecule has 0 amide bonds. The van der Waals surface area contributed by atoms with Crippen LogP contribution in [0.3, 0.4) is 0 Å². The minimum Gasteiger partial charge on any atom is -0.247 e. The Morgan fingerprint density at radius 1 is 1.22 bits per heavy atom. The van der Waals surface area contributed by atoms with Crippen molar-refractivity contribution < 1.29 is 8.78 Å². The monoisotopic (exact) mass is 133 g/mol. The summed E-state index contributed by atoms with van der Waals surface area (Å²) >= 11 is 0. The molecule has 1 aliphatic carbocycles. The van der Waals surface area contributed by atoms with Gasteiger partial charge in [0.1, 0.15) is 12.3 Å². The van der Waals surface area contributed by atoms with E-state index in [-0.39, 0.29) is 0 Å². The van der Waals surface area contributed by atoms with Crippen molar-refractivity contribution in [2.75, 3.05) is 0 Å². The molecule has 1 rings (SSSR count). The highest BCUT2D eigenvalue weighted by Crippen LogP contribution is 2.30. The van der Waals surface area contributed by atoms with Crippen LogP contribution in [0.4, 0.5) is 8.78 Å². The van der Waals surface area contributed by atoms with Crippen molar-refractivity contribution in [3.8, 4) is 0 Å². The number of halogens is 2. The van der Waals surface area contributed by atoms with Crippen LogP contribution in [0.15, 0.2) is 0 Å². The molecule has 53 valence electrons. The van der Waals surface area contributed by atoms with E-state index in [9.17, 15) is 8.78 Å².